The molecular weight excluding hydrogens is 364 g/mol. The maximum atomic E-state index is 13.1. The van der Waals surface area contributed by atoms with Gasteiger partial charge in [0.2, 0.25) is 0 Å². The number of ether oxygens (including phenoxy) is 1. The summed E-state index contributed by atoms with van der Waals surface area (Å²) in [6.07, 6.45) is 0.562. The van der Waals surface area contributed by atoms with Gasteiger partial charge in [-0.3, -0.25) is 4.79 Å². The smallest absolute Gasteiger partial charge is 0.287 e. The van der Waals surface area contributed by atoms with Crippen molar-refractivity contribution in [3.05, 3.63) is 59.7 Å². The van der Waals surface area contributed by atoms with Crippen molar-refractivity contribution < 1.29 is 23.3 Å². The van der Waals surface area contributed by atoms with Gasteiger partial charge in [-0.15, -0.1) is 0 Å². The lowest BCUT2D eigenvalue weighted by molar-refractivity contribution is -0.710. The third kappa shape index (κ3) is 4.87. The maximum Gasteiger partial charge on any atom is 0.287 e. The van der Waals surface area contributed by atoms with E-state index in [4.69, 9.17) is 4.74 Å². The van der Waals surface area contributed by atoms with Crippen LogP contribution in [0.1, 0.15) is 23.6 Å². The van der Waals surface area contributed by atoms with Gasteiger partial charge in [0.25, 0.3) is 5.91 Å². The van der Waals surface area contributed by atoms with Crippen molar-refractivity contribution in [1.82, 2.24) is 0 Å². The molecule has 0 saturated carbocycles. The molecule has 0 aliphatic carbocycles. The van der Waals surface area contributed by atoms with Crippen molar-refractivity contribution in [1.29, 1.82) is 0 Å². The van der Waals surface area contributed by atoms with Crippen LogP contribution in [0.15, 0.2) is 48.5 Å². The van der Waals surface area contributed by atoms with E-state index in [2.05, 4.69) is 5.32 Å². The summed E-state index contributed by atoms with van der Waals surface area (Å²) in [5, 5.41) is 4.82. The second kappa shape index (κ2) is 8.10. The standard InChI is InChI=1S/C20H24N2O4S/c1-14-8-9-18(26-2)17(12-14)22-20(23)19(15-6-4-3-5-7-15)21-16-10-11-27(24,25)13-16/h3-9,12,16,19,21H,10-11,13H2,1-2H3,(H,22,23)/p+1/t16-,19-/m1/s1. The van der Waals surface area contributed by atoms with Crippen molar-refractivity contribution in [2.45, 2.75) is 25.4 Å². The summed E-state index contributed by atoms with van der Waals surface area (Å²) in [4.78, 5) is 13.1. The van der Waals surface area contributed by atoms with E-state index in [-0.39, 0.29) is 23.5 Å². The van der Waals surface area contributed by atoms with Crippen LogP contribution >= 0.6 is 0 Å². The maximum absolute atomic E-state index is 13.1. The first-order valence-corrected chi connectivity index (χ1v) is 10.8. The monoisotopic (exact) mass is 389 g/mol. The Hall–Kier alpha value is -2.38. The van der Waals surface area contributed by atoms with E-state index in [1.165, 1.54) is 0 Å². The van der Waals surface area contributed by atoms with Gasteiger partial charge in [-0.25, -0.2) is 8.42 Å². The van der Waals surface area contributed by atoms with E-state index >= 15 is 0 Å². The van der Waals surface area contributed by atoms with Crippen LogP contribution in [0.4, 0.5) is 5.69 Å². The van der Waals surface area contributed by atoms with E-state index in [1.54, 1.807) is 7.11 Å². The molecule has 0 spiro atoms. The topological polar surface area (TPSA) is 89.1 Å². The molecule has 2 atom stereocenters. The quantitative estimate of drug-likeness (QED) is 0.782. The van der Waals surface area contributed by atoms with Crippen LogP contribution in [0.3, 0.4) is 0 Å². The summed E-state index contributed by atoms with van der Waals surface area (Å²) in [6.45, 7) is 1.94. The second-order valence-corrected chi connectivity index (χ2v) is 9.17. The summed E-state index contributed by atoms with van der Waals surface area (Å²) < 4.78 is 29.0. The molecule has 6 nitrogen and oxygen atoms in total. The van der Waals surface area contributed by atoms with Crippen LogP contribution in [0.2, 0.25) is 0 Å². The lowest BCUT2D eigenvalue weighted by Gasteiger charge is -2.20. The van der Waals surface area contributed by atoms with Crippen LogP contribution in [-0.2, 0) is 14.6 Å². The molecule has 0 radical (unpaired) electrons. The number of amides is 1. The van der Waals surface area contributed by atoms with E-state index in [9.17, 15) is 13.2 Å². The Kier molecular flexibility index (Phi) is 5.82. The highest BCUT2D eigenvalue weighted by Gasteiger charge is 2.35. The predicted octanol–water partition coefficient (Wildman–Crippen LogP) is 1.43. The highest BCUT2D eigenvalue weighted by Crippen LogP contribution is 2.26. The Bertz CT molecular complexity index is 913. The molecular formula is C20H25N2O4S+. The van der Waals surface area contributed by atoms with Crippen molar-refractivity contribution in [3.8, 4) is 5.75 Å². The number of aryl methyl sites for hydroxylation is 1. The summed E-state index contributed by atoms with van der Waals surface area (Å²) in [5.41, 5.74) is 2.45. The number of anilines is 1. The number of methoxy groups -OCH3 is 1. The zero-order valence-corrected chi connectivity index (χ0v) is 16.3. The molecule has 0 unspecified atom stereocenters. The van der Waals surface area contributed by atoms with Crippen LogP contribution in [0, 0.1) is 6.92 Å². The fraction of sp³-hybridized carbons (Fsp3) is 0.350. The van der Waals surface area contributed by atoms with Gasteiger partial charge in [0.1, 0.15) is 17.5 Å². The highest BCUT2D eigenvalue weighted by atomic mass is 32.2. The highest BCUT2D eigenvalue weighted by molar-refractivity contribution is 7.91. The number of carbonyl (C=O) groups is 1. The molecule has 3 rings (SSSR count). The summed E-state index contributed by atoms with van der Waals surface area (Å²) >= 11 is 0. The summed E-state index contributed by atoms with van der Waals surface area (Å²) in [7, 11) is -1.45. The minimum absolute atomic E-state index is 0.109. The minimum atomic E-state index is -3.01. The third-order valence-electron chi connectivity index (χ3n) is 4.79. The number of nitrogens with one attached hydrogen (secondary N) is 1. The first-order chi connectivity index (χ1) is 12.9. The number of rotatable bonds is 6. The van der Waals surface area contributed by atoms with Crippen molar-refractivity contribution in [2.24, 2.45) is 0 Å². The number of hydrogen-bond donors (Lipinski definition) is 2. The molecule has 0 bridgehead atoms. The number of carbonyl (C=O) groups excluding carboxylic acids is 1. The van der Waals surface area contributed by atoms with Crippen LogP contribution in [0.25, 0.3) is 0 Å². The van der Waals surface area contributed by atoms with Gasteiger partial charge in [0.05, 0.1) is 18.6 Å². The molecule has 1 saturated heterocycles. The first-order valence-electron chi connectivity index (χ1n) is 8.94. The van der Waals surface area contributed by atoms with Gasteiger partial charge in [0.15, 0.2) is 15.9 Å². The molecule has 0 aromatic heterocycles. The Morgan fingerprint density at radius 2 is 1.96 bits per heavy atom. The normalized spacial score (nSPS) is 19.4. The molecule has 144 valence electrons. The Labute approximate surface area is 159 Å². The van der Waals surface area contributed by atoms with Gasteiger partial charge >= 0.3 is 0 Å². The third-order valence-corrected chi connectivity index (χ3v) is 6.58. The minimum Gasteiger partial charge on any atom is -0.495 e. The van der Waals surface area contributed by atoms with Crippen LogP contribution < -0.4 is 15.4 Å². The number of benzene rings is 2. The van der Waals surface area contributed by atoms with Crippen molar-refractivity contribution >= 4 is 21.4 Å². The average molecular weight is 389 g/mol. The molecule has 1 aliphatic heterocycles. The molecule has 2 aromatic rings. The van der Waals surface area contributed by atoms with Crippen molar-refractivity contribution in [3.63, 3.8) is 0 Å². The Balaban J connectivity index is 1.84. The molecule has 27 heavy (non-hydrogen) atoms. The lowest BCUT2D eigenvalue weighted by atomic mass is 10.0. The molecule has 1 heterocycles. The van der Waals surface area contributed by atoms with Crippen LogP contribution in [-0.4, -0.2) is 39.0 Å². The van der Waals surface area contributed by atoms with Gasteiger partial charge in [-0.05, 0) is 24.6 Å². The first kappa shape index (κ1) is 19.4. The van der Waals surface area contributed by atoms with Crippen LogP contribution in [0.5, 0.6) is 5.75 Å². The van der Waals surface area contributed by atoms with Gasteiger partial charge in [-0.2, -0.15) is 0 Å². The number of quaternary nitrogens is 1. The fourth-order valence-electron chi connectivity index (χ4n) is 3.39. The average Bonchev–Trinajstić information content (AvgIpc) is 2.99. The fourth-order valence-corrected chi connectivity index (χ4v) is 5.15. The van der Waals surface area contributed by atoms with Crippen molar-refractivity contribution in [2.75, 3.05) is 23.9 Å². The van der Waals surface area contributed by atoms with E-state index < -0.39 is 15.9 Å². The van der Waals surface area contributed by atoms with Gasteiger partial charge in [-0.1, -0.05) is 36.4 Å². The molecule has 2 aromatic carbocycles. The summed E-state index contributed by atoms with van der Waals surface area (Å²) in [6, 6.07) is 14.4. The van der Waals surface area contributed by atoms with E-state index in [1.807, 2.05) is 60.8 Å². The SMILES string of the molecule is COc1ccc(C)cc1NC(=O)[C@H]([NH2+][C@@H]1CCS(=O)(=O)C1)c1ccccc1. The second-order valence-electron chi connectivity index (χ2n) is 6.94. The Morgan fingerprint density at radius 3 is 2.59 bits per heavy atom. The van der Waals surface area contributed by atoms with E-state index in [0.29, 0.717) is 17.9 Å². The zero-order valence-electron chi connectivity index (χ0n) is 15.5. The summed E-state index contributed by atoms with van der Waals surface area (Å²) in [5.74, 6) is 0.680. The van der Waals surface area contributed by atoms with Gasteiger partial charge < -0.3 is 15.4 Å². The van der Waals surface area contributed by atoms with E-state index in [0.717, 1.165) is 11.1 Å². The molecule has 7 heteroatoms. The largest absolute Gasteiger partial charge is 0.495 e. The number of sulfone groups is 1. The Morgan fingerprint density at radius 1 is 1.22 bits per heavy atom. The molecule has 1 amide bonds. The molecule has 3 N–H and O–H groups in total. The number of hydrogen-bond acceptors (Lipinski definition) is 4. The predicted molar refractivity (Wildman–Crippen MR) is 105 cm³/mol. The molecule has 1 aliphatic rings. The van der Waals surface area contributed by atoms with Gasteiger partial charge in [0, 0.05) is 12.0 Å². The zero-order chi connectivity index (χ0) is 19.4. The molecule has 1 fully saturated rings. The lowest BCUT2D eigenvalue weighted by Crippen LogP contribution is -2.93. The number of nitrogens with two attached hydrogens (primary N) is 1.